The van der Waals surface area contributed by atoms with E-state index >= 15 is 0 Å². The monoisotopic (exact) mass is 309 g/mol. The van der Waals surface area contributed by atoms with Crippen molar-refractivity contribution in [1.29, 1.82) is 0 Å². The number of nitrogens with one attached hydrogen (secondary N) is 1. The van der Waals surface area contributed by atoms with Crippen LogP contribution in [0.1, 0.15) is 30.9 Å². The molecule has 1 fully saturated rings. The predicted octanol–water partition coefficient (Wildman–Crippen LogP) is 2.78. The number of anilines is 1. The van der Waals surface area contributed by atoms with Gasteiger partial charge in [-0.15, -0.1) is 0 Å². The first-order chi connectivity index (χ1) is 11.2. The SMILES string of the molecule is CC(C)c1ccc(/C=N\N2CCN(c3cccc[nH+]3)CC2)cc1. The summed E-state index contributed by atoms with van der Waals surface area (Å²) in [5.74, 6) is 1.75. The van der Waals surface area contributed by atoms with Gasteiger partial charge in [-0.05, 0) is 23.1 Å². The van der Waals surface area contributed by atoms with Crippen LogP contribution in [0.3, 0.4) is 0 Å². The zero-order chi connectivity index (χ0) is 16.1. The Morgan fingerprint density at radius 1 is 1.00 bits per heavy atom. The van der Waals surface area contributed by atoms with Crippen molar-refractivity contribution in [2.75, 3.05) is 31.1 Å². The van der Waals surface area contributed by atoms with Crippen LogP contribution in [0.15, 0.2) is 53.8 Å². The number of rotatable bonds is 4. The average Bonchev–Trinajstić information content (AvgIpc) is 2.61. The molecule has 0 unspecified atom stereocenters. The van der Waals surface area contributed by atoms with Gasteiger partial charge in [0.1, 0.15) is 13.1 Å². The first-order valence-corrected chi connectivity index (χ1v) is 8.33. The highest BCUT2D eigenvalue weighted by Gasteiger charge is 2.21. The van der Waals surface area contributed by atoms with Gasteiger partial charge in [-0.3, -0.25) is 9.91 Å². The van der Waals surface area contributed by atoms with Gasteiger partial charge in [0.2, 0.25) is 0 Å². The Bertz CT molecular complexity index is 626. The summed E-state index contributed by atoms with van der Waals surface area (Å²) in [4.78, 5) is 5.66. The standard InChI is InChI=1S/C19H24N4/c1-16(2)18-8-6-17(7-9-18)15-21-23-13-11-22(12-14-23)19-5-3-4-10-20-19/h3-10,15-16H,11-14H2,1-2H3/p+1/b21-15-. The van der Waals surface area contributed by atoms with Crippen LogP contribution in [0.2, 0.25) is 0 Å². The van der Waals surface area contributed by atoms with Gasteiger partial charge in [-0.1, -0.05) is 44.2 Å². The maximum atomic E-state index is 4.63. The van der Waals surface area contributed by atoms with Crippen LogP contribution in [0.25, 0.3) is 0 Å². The van der Waals surface area contributed by atoms with Gasteiger partial charge in [0.25, 0.3) is 5.82 Å². The van der Waals surface area contributed by atoms with Gasteiger partial charge in [-0.25, -0.2) is 4.98 Å². The number of hydrogen-bond acceptors (Lipinski definition) is 3. The molecule has 2 aromatic rings. The molecule has 23 heavy (non-hydrogen) atoms. The fourth-order valence-electron chi connectivity index (χ4n) is 2.75. The zero-order valence-electron chi connectivity index (χ0n) is 13.9. The smallest absolute Gasteiger partial charge is 0.274 e. The lowest BCUT2D eigenvalue weighted by Gasteiger charge is -2.28. The van der Waals surface area contributed by atoms with Crippen molar-refractivity contribution < 1.29 is 4.98 Å². The van der Waals surface area contributed by atoms with Gasteiger partial charge < -0.3 is 0 Å². The summed E-state index contributed by atoms with van der Waals surface area (Å²) < 4.78 is 0. The summed E-state index contributed by atoms with van der Waals surface area (Å²) in [7, 11) is 0. The predicted molar refractivity (Wildman–Crippen MR) is 94.9 cm³/mol. The van der Waals surface area contributed by atoms with E-state index in [-0.39, 0.29) is 0 Å². The number of hydrazone groups is 1. The van der Waals surface area contributed by atoms with Gasteiger partial charge in [0.05, 0.1) is 25.5 Å². The second-order valence-electron chi connectivity index (χ2n) is 6.25. The minimum Gasteiger partial charge on any atom is -0.289 e. The van der Waals surface area contributed by atoms with Crippen molar-refractivity contribution in [2.45, 2.75) is 19.8 Å². The zero-order valence-corrected chi connectivity index (χ0v) is 13.9. The molecule has 4 heteroatoms. The summed E-state index contributed by atoms with van der Waals surface area (Å²) in [6.07, 6.45) is 3.94. The third-order valence-electron chi connectivity index (χ3n) is 4.26. The van der Waals surface area contributed by atoms with Crippen molar-refractivity contribution >= 4 is 12.0 Å². The Hall–Kier alpha value is -2.36. The Balaban J connectivity index is 1.54. The summed E-state index contributed by atoms with van der Waals surface area (Å²) in [5.41, 5.74) is 2.53. The molecule has 1 aliphatic rings. The van der Waals surface area contributed by atoms with E-state index in [9.17, 15) is 0 Å². The number of hydrogen-bond donors (Lipinski definition) is 0. The van der Waals surface area contributed by atoms with E-state index in [1.165, 1.54) is 11.4 Å². The van der Waals surface area contributed by atoms with Crippen LogP contribution in [0, 0.1) is 0 Å². The molecular weight excluding hydrogens is 284 g/mol. The van der Waals surface area contributed by atoms with E-state index in [4.69, 9.17) is 0 Å². The van der Waals surface area contributed by atoms with Crippen LogP contribution in [-0.4, -0.2) is 37.4 Å². The molecule has 0 saturated carbocycles. The van der Waals surface area contributed by atoms with E-state index in [2.05, 4.69) is 70.2 Å². The molecule has 0 amide bonds. The Morgan fingerprint density at radius 2 is 1.74 bits per heavy atom. The third kappa shape index (κ3) is 4.09. The molecule has 1 aromatic heterocycles. The number of benzene rings is 1. The second-order valence-corrected chi connectivity index (χ2v) is 6.25. The number of pyridine rings is 1. The summed E-state index contributed by atoms with van der Waals surface area (Å²) in [6, 6.07) is 14.9. The van der Waals surface area contributed by atoms with Crippen molar-refractivity contribution in [2.24, 2.45) is 5.10 Å². The molecule has 1 N–H and O–H groups in total. The van der Waals surface area contributed by atoms with Gasteiger partial charge in [-0.2, -0.15) is 5.10 Å². The van der Waals surface area contributed by atoms with E-state index in [1.807, 2.05) is 18.5 Å². The fraction of sp³-hybridized carbons (Fsp3) is 0.368. The molecule has 0 spiro atoms. The molecule has 0 atom stereocenters. The highest BCUT2D eigenvalue weighted by molar-refractivity contribution is 5.79. The van der Waals surface area contributed by atoms with E-state index in [1.54, 1.807) is 0 Å². The van der Waals surface area contributed by atoms with Gasteiger partial charge in [0, 0.05) is 6.07 Å². The normalized spacial score (nSPS) is 15.6. The lowest BCUT2D eigenvalue weighted by molar-refractivity contribution is -0.364. The van der Waals surface area contributed by atoms with Crippen LogP contribution in [0.5, 0.6) is 0 Å². The van der Waals surface area contributed by atoms with Gasteiger partial charge >= 0.3 is 0 Å². The van der Waals surface area contributed by atoms with E-state index in [0.717, 1.165) is 31.7 Å². The number of H-pyrrole nitrogens is 1. The van der Waals surface area contributed by atoms with Crippen LogP contribution < -0.4 is 9.88 Å². The fourth-order valence-corrected chi connectivity index (χ4v) is 2.75. The third-order valence-corrected chi connectivity index (χ3v) is 4.26. The molecular formula is C19H25N4+. The molecule has 3 rings (SSSR count). The van der Waals surface area contributed by atoms with Crippen molar-refractivity contribution in [1.82, 2.24) is 5.01 Å². The van der Waals surface area contributed by atoms with Crippen molar-refractivity contribution in [3.63, 3.8) is 0 Å². The molecule has 0 aliphatic carbocycles. The number of aromatic nitrogens is 1. The molecule has 1 aromatic carbocycles. The Labute approximate surface area is 138 Å². The summed E-state index contributed by atoms with van der Waals surface area (Å²) in [5, 5.41) is 6.78. The average molecular weight is 309 g/mol. The van der Waals surface area contributed by atoms with Crippen LogP contribution in [-0.2, 0) is 0 Å². The molecule has 4 nitrogen and oxygen atoms in total. The maximum absolute atomic E-state index is 4.63. The molecule has 1 aliphatic heterocycles. The molecule has 0 radical (unpaired) electrons. The number of aromatic amines is 1. The van der Waals surface area contributed by atoms with Crippen LogP contribution >= 0.6 is 0 Å². The summed E-state index contributed by atoms with van der Waals surface area (Å²) in [6.45, 7) is 8.31. The Kier molecular flexibility index (Phi) is 4.91. The van der Waals surface area contributed by atoms with Crippen molar-refractivity contribution in [3.05, 3.63) is 59.8 Å². The lowest BCUT2D eigenvalue weighted by Crippen LogP contribution is -2.45. The topological polar surface area (TPSA) is 33.0 Å². The summed E-state index contributed by atoms with van der Waals surface area (Å²) >= 11 is 0. The van der Waals surface area contributed by atoms with Crippen LogP contribution in [0.4, 0.5) is 5.82 Å². The molecule has 0 bridgehead atoms. The Morgan fingerprint density at radius 3 is 2.35 bits per heavy atom. The first kappa shape index (κ1) is 15.5. The molecule has 120 valence electrons. The maximum Gasteiger partial charge on any atom is 0.274 e. The largest absolute Gasteiger partial charge is 0.289 e. The number of piperazine rings is 1. The minimum atomic E-state index is 0.573. The molecule has 2 heterocycles. The highest BCUT2D eigenvalue weighted by atomic mass is 15.5. The number of nitrogens with zero attached hydrogens (tertiary/aromatic N) is 3. The quantitative estimate of drug-likeness (QED) is 0.814. The van der Waals surface area contributed by atoms with Crippen molar-refractivity contribution in [3.8, 4) is 0 Å². The highest BCUT2D eigenvalue weighted by Crippen LogP contribution is 2.14. The first-order valence-electron chi connectivity index (χ1n) is 8.33. The minimum absolute atomic E-state index is 0.573. The van der Waals surface area contributed by atoms with Gasteiger partial charge in [0.15, 0.2) is 0 Å². The molecule has 1 saturated heterocycles. The van der Waals surface area contributed by atoms with E-state index in [0.29, 0.717) is 5.92 Å². The van der Waals surface area contributed by atoms with E-state index < -0.39 is 0 Å². The second kappa shape index (κ2) is 7.27. The lowest BCUT2D eigenvalue weighted by atomic mass is 10.0.